The first-order valence-electron chi connectivity index (χ1n) is 4.54. The maximum Gasteiger partial charge on any atom is 0.123 e. The Hall–Kier alpha value is -0.930. The van der Waals surface area contributed by atoms with Gasteiger partial charge in [0.2, 0.25) is 0 Å². The van der Waals surface area contributed by atoms with Crippen molar-refractivity contribution >= 4 is 0 Å². The van der Waals surface area contributed by atoms with E-state index in [1.54, 1.807) is 17.1 Å². The molecule has 1 atom stereocenters. The van der Waals surface area contributed by atoms with E-state index < -0.39 is 0 Å². The van der Waals surface area contributed by atoms with E-state index >= 15 is 0 Å². The lowest BCUT2D eigenvalue weighted by molar-refractivity contribution is 0.265. The Labute approximate surface area is 77.1 Å². The van der Waals surface area contributed by atoms with Crippen LogP contribution in [-0.2, 0) is 0 Å². The fraction of sp³-hybridized carbons (Fsp3) is 0.400. The summed E-state index contributed by atoms with van der Waals surface area (Å²) in [6.07, 6.45) is 2.12. The van der Waals surface area contributed by atoms with Crippen molar-refractivity contribution in [2.24, 2.45) is 5.84 Å². The van der Waals surface area contributed by atoms with Crippen molar-refractivity contribution in [3.05, 3.63) is 35.6 Å². The molecule has 0 aromatic heterocycles. The molecule has 0 unspecified atom stereocenters. The molecule has 2 nitrogen and oxygen atoms in total. The van der Waals surface area contributed by atoms with Gasteiger partial charge in [-0.05, 0) is 30.5 Å². The number of nitrogens with zero attached hydrogens (tertiary/aromatic N) is 1. The molecule has 1 fully saturated rings. The number of halogens is 1. The minimum Gasteiger partial charge on any atom is -0.268 e. The molecule has 1 heterocycles. The standard InChI is InChI=1S/C10H13FN2/c11-9-4-1-3-8(7-9)10-5-2-6-13(10)12/h1,3-4,7,10H,2,5-6,12H2/t10-/m1/s1. The smallest absolute Gasteiger partial charge is 0.123 e. The van der Waals surface area contributed by atoms with Gasteiger partial charge < -0.3 is 0 Å². The average Bonchev–Trinajstić information content (AvgIpc) is 2.51. The number of hydrogen-bond acceptors (Lipinski definition) is 2. The Morgan fingerprint density at radius 1 is 1.46 bits per heavy atom. The van der Waals surface area contributed by atoms with Crippen LogP contribution in [-0.4, -0.2) is 11.6 Å². The lowest BCUT2D eigenvalue weighted by atomic mass is 10.1. The molecule has 1 saturated heterocycles. The SMILES string of the molecule is NN1CCC[C@@H]1c1cccc(F)c1. The van der Waals surface area contributed by atoms with Crippen LogP contribution in [0.4, 0.5) is 4.39 Å². The van der Waals surface area contributed by atoms with Crippen LogP contribution in [0.15, 0.2) is 24.3 Å². The molecule has 0 spiro atoms. The second-order valence-electron chi connectivity index (χ2n) is 3.45. The molecule has 1 aromatic carbocycles. The van der Waals surface area contributed by atoms with Gasteiger partial charge in [-0.25, -0.2) is 9.40 Å². The highest BCUT2D eigenvalue weighted by Crippen LogP contribution is 2.28. The third-order valence-corrected chi connectivity index (χ3v) is 2.53. The van der Waals surface area contributed by atoms with Crippen molar-refractivity contribution in [1.82, 2.24) is 5.01 Å². The first-order chi connectivity index (χ1) is 6.27. The molecule has 70 valence electrons. The van der Waals surface area contributed by atoms with Crippen molar-refractivity contribution in [3.8, 4) is 0 Å². The zero-order valence-electron chi connectivity index (χ0n) is 7.41. The van der Waals surface area contributed by atoms with Gasteiger partial charge in [0.05, 0.1) is 0 Å². The number of hydrazine groups is 1. The van der Waals surface area contributed by atoms with Gasteiger partial charge in [0.1, 0.15) is 5.82 Å². The van der Waals surface area contributed by atoms with Crippen molar-refractivity contribution in [2.45, 2.75) is 18.9 Å². The maximum atomic E-state index is 12.9. The summed E-state index contributed by atoms with van der Waals surface area (Å²) in [7, 11) is 0. The molecule has 1 aliphatic rings. The Kier molecular flexibility index (Phi) is 2.29. The molecule has 0 saturated carbocycles. The molecule has 13 heavy (non-hydrogen) atoms. The first-order valence-corrected chi connectivity index (χ1v) is 4.54. The summed E-state index contributed by atoms with van der Waals surface area (Å²) in [5, 5.41) is 1.79. The first kappa shape index (κ1) is 8.66. The Morgan fingerprint density at radius 3 is 2.92 bits per heavy atom. The van der Waals surface area contributed by atoms with Gasteiger partial charge in [-0.3, -0.25) is 5.84 Å². The van der Waals surface area contributed by atoms with E-state index in [0.29, 0.717) is 0 Å². The average molecular weight is 180 g/mol. The van der Waals surface area contributed by atoms with Gasteiger partial charge in [-0.15, -0.1) is 0 Å². The van der Waals surface area contributed by atoms with Crippen LogP contribution in [0.25, 0.3) is 0 Å². The number of rotatable bonds is 1. The minimum absolute atomic E-state index is 0.183. The predicted molar refractivity (Wildman–Crippen MR) is 49.3 cm³/mol. The van der Waals surface area contributed by atoms with E-state index in [1.165, 1.54) is 6.07 Å². The van der Waals surface area contributed by atoms with Crippen LogP contribution in [0, 0.1) is 5.82 Å². The Morgan fingerprint density at radius 2 is 2.31 bits per heavy atom. The van der Waals surface area contributed by atoms with E-state index in [-0.39, 0.29) is 11.9 Å². The predicted octanol–water partition coefficient (Wildman–Crippen LogP) is 1.84. The Balaban J connectivity index is 2.24. The monoisotopic (exact) mass is 180 g/mol. The largest absolute Gasteiger partial charge is 0.268 e. The quantitative estimate of drug-likeness (QED) is 0.668. The summed E-state index contributed by atoms with van der Waals surface area (Å²) < 4.78 is 12.9. The molecular formula is C10H13FN2. The fourth-order valence-corrected chi connectivity index (χ4v) is 1.86. The van der Waals surface area contributed by atoms with Gasteiger partial charge in [0.15, 0.2) is 0 Å². The lowest BCUT2D eigenvalue weighted by Gasteiger charge is -2.18. The molecule has 1 aromatic rings. The zero-order chi connectivity index (χ0) is 9.26. The summed E-state index contributed by atoms with van der Waals surface area (Å²) in [4.78, 5) is 0. The third-order valence-electron chi connectivity index (χ3n) is 2.53. The minimum atomic E-state index is -0.183. The van der Waals surface area contributed by atoms with Gasteiger partial charge >= 0.3 is 0 Å². The van der Waals surface area contributed by atoms with E-state index in [4.69, 9.17) is 5.84 Å². The summed E-state index contributed by atoms with van der Waals surface area (Å²) in [5.41, 5.74) is 0.986. The molecule has 3 heteroatoms. The van der Waals surface area contributed by atoms with Gasteiger partial charge in [-0.1, -0.05) is 12.1 Å². The van der Waals surface area contributed by atoms with Gasteiger partial charge in [0.25, 0.3) is 0 Å². The van der Waals surface area contributed by atoms with Crippen LogP contribution in [0.5, 0.6) is 0 Å². The van der Waals surface area contributed by atoms with Gasteiger partial charge in [-0.2, -0.15) is 0 Å². The highest BCUT2D eigenvalue weighted by Gasteiger charge is 2.23. The summed E-state index contributed by atoms with van der Waals surface area (Å²) in [6, 6.07) is 6.89. The zero-order valence-corrected chi connectivity index (χ0v) is 7.41. The highest BCUT2D eigenvalue weighted by molar-refractivity contribution is 5.20. The lowest BCUT2D eigenvalue weighted by Crippen LogP contribution is -2.30. The number of benzene rings is 1. The maximum absolute atomic E-state index is 12.9. The van der Waals surface area contributed by atoms with Gasteiger partial charge in [0, 0.05) is 12.6 Å². The van der Waals surface area contributed by atoms with Crippen LogP contribution < -0.4 is 5.84 Å². The van der Waals surface area contributed by atoms with E-state index in [1.807, 2.05) is 6.07 Å². The summed E-state index contributed by atoms with van der Waals surface area (Å²) in [5.74, 6) is 5.59. The van der Waals surface area contributed by atoms with E-state index in [2.05, 4.69) is 0 Å². The van der Waals surface area contributed by atoms with Crippen LogP contribution >= 0.6 is 0 Å². The van der Waals surface area contributed by atoms with Crippen LogP contribution in [0.3, 0.4) is 0 Å². The van der Waals surface area contributed by atoms with Crippen molar-refractivity contribution in [3.63, 3.8) is 0 Å². The number of hydrogen-bond donors (Lipinski definition) is 1. The highest BCUT2D eigenvalue weighted by atomic mass is 19.1. The molecule has 0 aliphatic carbocycles. The molecule has 0 radical (unpaired) electrons. The topological polar surface area (TPSA) is 29.3 Å². The second kappa shape index (κ2) is 3.44. The second-order valence-corrected chi connectivity index (χ2v) is 3.45. The van der Waals surface area contributed by atoms with Crippen molar-refractivity contribution in [1.29, 1.82) is 0 Å². The van der Waals surface area contributed by atoms with Crippen molar-refractivity contribution < 1.29 is 4.39 Å². The molecule has 2 N–H and O–H groups in total. The van der Waals surface area contributed by atoms with Crippen LogP contribution in [0.1, 0.15) is 24.4 Å². The summed E-state index contributed by atoms with van der Waals surface area (Å²) in [6.45, 7) is 0.904. The van der Waals surface area contributed by atoms with Crippen molar-refractivity contribution in [2.75, 3.05) is 6.54 Å². The summed E-state index contributed by atoms with van der Waals surface area (Å²) >= 11 is 0. The van der Waals surface area contributed by atoms with E-state index in [0.717, 1.165) is 24.9 Å². The van der Waals surface area contributed by atoms with Crippen LogP contribution in [0.2, 0.25) is 0 Å². The van der Waals surface area contributed by atoms with E-state index in [9.17, 15) is 4.39 Å². The molecule has 1 aliphatic heterocycles. The molecular weight excluding hydrogens is 167 g/mol. The number of nitrogens with two attached hydrogens (primary N) is 1. The fourth-order valence-electron chi connectivity index (χ4n) is 1.86. The third kappa shape index (κ3) is 1.71. The Bertz CT molecular complexity index is 301. The molecule has 0 amide bonds. The molecule has 0 bridgehead atoms. The molecule has 2 rings (SSSR count). The normalized spacial score (nSPS) is 23.7.